The Hall–Kier alpha value is -3.71. The summed E-state index contributed by atoms with van der Waals surface area (Å²) in [7, 11) is 0. The van der Waals surface area contributed by atoms with Crippen LogP contribution in [-0.4, -0.2) is 77.8 Å². The van der Waals surface area contributed by atoms with E-state index in [1.165, 1.54) is 12.8 Å². The molecule has 12 nitrogen and oxygen atoms in total. The Morgan fingerprint density at radius 3 is 1.94 bits per heavy atom. The van der Waals surface area contributed by atoms with Crippen LogP contribution in [0.25, 0.3) is 11.2 Å². The van der Waals surface area contributed by atoms with Gasteiger partial charge in [0.25, 0.3) is 5.91 Å². The van der Waals surface area contributed by atoms with Crippen LogP contribution in [0.15, 0.2) is 42.7 Å². The van der Waals surface area contributed by atoms with Gasteiger partial charge < -0.3 is 36.1 Å². The monoisotopic (exact) mass is 732 g/mol. The minimum Gasteiger partial charge on any atom is -0.480 e. The number of aromatic amines is 1. The fraction of sp³-hybridized carbons (Fsp3) is 0.634. The number of benzene rings is 1. The first-order chi connectivity index (χ1) is 25.1. The number of nitrogens with zero attached hydrogens (tertiary/aromatic N) is 2. The standard InChI is InChI=1S/C17H22N4O2.C13H17NO2.C7H15NO.C4H6O/c1-17(2,23)14(10-5-6-10)21-16(22)11-7-18-15-13(11)20-12(8-19-15)9-3-4-9;1-9(10-5-3-2-4-6-10)14-12(13(15)16)11-7-8-11;1-7(2,9)6(8)5-3-4-5;5-3-4-1-2-4/h7-10,14,23H,3-6H2,1-2H3,(H,18,19)(H,21,22);2-6,9,11-12,14H,7-8H2,1H3,(H,15,16);5-6,9H,3-4,8H2,1-2H3;3-4H,1-2H2/t14-;9-,12-;6-;/m000./s1. The molecule has 1 amide bonds. The summed E-state index contributed by atoms with van der Waals surface area (Å²) < 4.78 is 0. The normalized spacial score (nSPS) is 20.5. The molecule has 53 heavy (non-hydrogen) atoms. The molecule has 5 saturated carbocycles. The van der Waals surface area contributed by atoms with Gasteiger partial charge in [-0.1, -0.05) is 30.3 Å². The van der Waals surface area contributed by atoms with Gasteiger partial charge in [0.15, 0.2) is 5.65 Å². The van der Waals surface area contributed by atoms with Crippen molar-refractivity contribution in [2.45, 2.75) is 140 Å². The van der Waals surface area contributed by atoms with Crippen molar-refractivity contribution in [3.63, 3.8) is 0 Å². The van der Waals surface area contributed by atoms with Gasteiger partial charge in [-0.05, 0) is 122 Å². The third-order valence-electron chi connectivity index (χ3n) is 10.6. The number of carbonyl (C=O) groups excluding carboxylic acids is 2. The molecule has 5 aliphatic carbocycles. The van der Waals surface area contributed by atoms with Crippen molar-refractivity contribution in [1.82, 2.24) is 25.6 Å². The summed E-state index contributed by atoms with van der Waals surface area (Å²) in [6, 6.07) is 9.38. The van der Waals surface area contributed by atoms with Crippen LogP contribution in [-0.2, 0) is 9.59 Å². The van der Waals surface area contributed by atoms with Crippen molar-refractivity contribution in [3.8, 4) is 0 Å². The maximum Gasteiger partial charge on any atom is 0.320 e. The van der Waals surface area contributed by atoms with Gasteiger partial charge in [0, 0.05) is 30.1 Å². The molecule has 1 aromatic carbocycles. The molecular formula is C41H60N6O6. The highest BCUT2D eigenvalue weighted by Gasteiger charge is 2.42. The molecule has 0 saturated heterocycles. The van der Waals surface area contributed by atoms with Crippen LogP contribution in [0.2, 0.25) is 0 Å². The van der Waals surface area contributed by atoms with E-state index in [1.54, 1.807) is 40.1 Å². The first-order valence-corrected chi connectivity index (χ1v) is 19.4. The van der Waals surface area contributed by atoms with E-state index in [2.05, 4.69) is 25.6 Å². The van der Waals surface area contributed by atoms with Crippen molar-refractivity contribution in [2.75, 3.05) is 0 Å². The number of aromatic nitrogens is 3. The van der Waals surface area contributed by atoms with Gasteiger partial charge >= 0.3 is 5.97 Å². The number of amides is 1. The highest BCUT2D eigenvalue weighted by atomic mass is 16.4. The first-order valence-electron chi connectivity index (χ1n) is 19.4. The molecule has 290 valence electrons. The Labute approximate surface area is 313 Å². The number of aldehydes is 1. The van der Waals surface area contributed by atoms with Crippen LogP contribution in [0.4, 0.5) is 0 Å². The molecule has 0 aliphatic heterocycles. The Balaban J connectivity index is 0.000000155. The van der Waals surface area contributed by atoms with Crippen LogP contribution >= 0.6 is 0 Å². The topological polar surface area (TPSA) is 204 Å². The summed E-state index contributed by atoms with van der Waals surface area (Å²) in [5, 5.41) is 35.0. The number of H-pyrrole nitrogens is 1. The van der Waals surface area contributed by atoms with Gasteiger partial charge in [-0.15, -0.1) is 0 Å². The van der Waals surface area contributed by atoms with E-state index >= 15 is 0 Å². The SMILES string of the molecule is CC(C)(O)[C@@H](N)C1CC1.CC(C)(O)[C@@H](NC(=O)c1c[nH]c2ncc(C3CC3)nc12)C1CC1.C[C@H](N[C@H](C(=O)O)C1CC1)c1ccccc1.O=CC1CC1. The molecule has 8 rings (SSSR count). The Kier molecular flexibility index (Phi) is 13.1. The minimum absolute atomic E-state index is 0.0162. The lowest BCUT2D eigenvalue weighted by molar-refractivity contribution is -0.140. The number of fused-ring (bicyclic) bond motifs is 1. The molecule has 3 aromatic rings. The Morgan fingerprint density at radius 2 is 1.51 bits per heavy atom. The van der Waals surface area contributed by atoms with Gasteiger partial charge in [-0.25, -0.2) is 9.97 Å². The number of nitrogens with two attached hydrogens (primary N) is 1. The van der Waals surface area contributed by atoms with Crippen LogP contribution in [0.5, 0.6) is 0 Å². The van der Waals surface area contributed by atoms with Crippen molar-refractivity contribution in [3.05, 3.63) is 59.5 Å². The molecule has 0 radical (unpaired) electrons. The molecule has 4 atom stereocenters. The smallest absolute Gasteiger partial charge is 0.320 e. The second kappa shape index (κ2) is 17.2. The molecule has 2 aromatic heterocycles. The number of carboxylic acid groups (broad SMARTS) is 1. The zero-order valence-corrected chi connectivity index (χ0v) is 31.9. The average Bonchev–Trinajstić information content (AvgIpc) is 3.92. The number of nitrogens with one attached hydrogen (secondary N) is 3. The van der Waals surface area contributed by atoms with E-state index in [0.717, 1.165) is 68.9 Å². The van der Waals surface area contributed by atoms with Crippen molar-refractivity contribution in [2.24, 2.45) is 29.4 Å². The maximum absolute atomic E-state index is 12.7. The fourth-order valence-electron chi connectivity index (χ4n) is 6.38. The zero-order chi connectivity index (χ0) is 38.5. The van der Waals surface area contributed by atoms with Crippen LogP contribution < -0.4 is 16.4 Å². The van der Waals surface area contributed by atoms with E-state index in [1.807, 2.05) is 37.3 Å². The number of aliphatic carboxylic acids is 1. The van der Waals surface area contributed by atoms with Crippen LogP contribution in [0.1, 0.15) is 132 Å². The molecule has 12 heteroatoms. The van der Waals surface area contributed by atoms with Crippen LogP contribution in [0, 0.1) is 23.7 Å². The summed E-state index contributed by atoms with van der Waals surface area (Å²) in [4.78, 5) is 45.4. The van der Waals surface area contributed by atoms with Gasteiger partial charge in [0.05, 0.1) is 34.7 Å². The maximum atomic E-state index is 12.7. The fourth-order valence-corrected chi connectivity index (χ4v) is 6.38. The minimum atomic E-state index is -0.937. The summed E-state index contributed by atoms with van der Waals surface area (Å²) in [5.41, 5.74) is 7.95. The van der Waals surface area contributed by atoms with E-state index < -0.39 is 23.2 Å². The van der Waals surface area contributed by atoms with E-state index in [4.69, 9.17) is 10.8 Å². The third kappa shape index (κ3) is 12.4. The average molecular weight is 733 g/mol. The number of carboxylic acids is 1. The Morgan fingerprint density at radius 1 is 0.906 bits per heavy atom. The lowest BCUT2D eigenvalue weighted by atomic mass is 9.94. The van der Waals surface area contributed by atoms with Crippen molar-refractivity contribution < 1.29 is 29.7 Å². The first kappa shape index (κ1) is 40.5. The van der Waals surface area contributed by atoms with E-state index in [9.17, 15) is 24.6 Å². The third-order valence-corrected chi connectivity index (χ3v) is 10.6. The van der Waals surface area contributed by atoms with Gasteiger partial charge in [0.2, 0.25) is 0 Å². The molecule has 8 N–H and O–H groups in total. The summed E-state index contributed by atoms with van der Waals surface area (Å²) >= 11 is 0. The van der Waals surface area contributed by atoms with E-state index in [-0.39, 0.29) is 24.0 Å². The second-order valence-corrected chi connectivity index (χ2v) is 16.9. The number of hydrogen-bond acceptors (Lipinski definition) is 9. The zero-order valence-electron chi connectivity index (χ0n) is 31.9. The molecule has 5 aliphatic rings. The molecule has 0 unspecified atom stereocenters. The number of hydrogen-bond donors (Lipinski definition) is 7. The van der Waals surface area contributed by atoms with Gasteiger partial charge in [0.1, 0.15) is 17.8 Å². The van der Waals surface area contributed by atoms with E-state index in [0.29, 0.717) is 46.3 Å². The highest BCUT2D eigenvalue weighted by Crippen LogP contribution is 2.40. The predicted molar refractivity (Wildman–Crippen MR) is 204 cm³/mol. The number of carbonyl (C=O) groups is 3. The number of aliphatic hydroxyl groups is 2. The molecule has 2 heterocycles. The highest BCUT2D eigenvalue weighted by molar-refractivity contribution is 6.04. The Bertz CT molecular complexity index is 1660. The molecule has 5 fully saturated rings. The van der Waals surface area contributed by atoms with Crippen LogP contribution in [0.3, 0.4) is 0 Å². The molecule has 0 spiro atoms. The summed E-state index contributed by atoms with van der Waals surface area (Å²) in [5.74, 6) is 1.29. The second-order valence-electron chi connectivity index (χ2n) is 16.9. The quantitative estimate of drug-likeness (QED) is 0.111. The number of rotatable bonds is 13. The lowest BCUT2D eigenvalue weighted by Crippen LogP contribution is -2.50. The molecular weight excluding hydrogens is 672 g/mol. The van der Waals surface area contributed by atoms with Gasteiger partial charge in [-0.2, -0.15) is 0 Å². The predicted octanol–water partition coefficient (Wildman–Crippen LogP) is 5.40. The van der Waals surface area contributed by atoms with Gasteiger partial charge in [-0.3, -0.25) is 14.9 Å². The largest absolute Gasteiger partial charge is 0.480 e. The molecule has 0 bridgehead atoms. The summed E-state index contributed by atoms with van der Waals surface area (Å²) in [6.45, 7) is 9.05. The lowest BCUT2D eigenvalue weighted by Gasteiger charge is -2.30. The van der Waals surface area contributed by atoms with Crippen molar-refractivity contribution >= 4 is 29.3 Å². The van der Waals surface area contributed by atoms with Crippen molar-refractivity contribution in [1.29, 1.82) is 0 Å². The summed E-state index contributed by atoms with van der Waals surface area (Å²) in [6.07, 6.45) is 15.6.